The predicted molar refractivity (Wildman–Crippen MR) is 82.0 cm³/mol. The van der Waals surface area contributed by atoms with Crippen molar-refractivity contribution in [2.75, 3.05) is 0 Å². The SMILES string of the molecule is CCCn1ccnc1CC(N)c1ccc(Br)c(C)c1. The van der Waals surface area contributed by atoms with Gasteiger partial charge in [-0.25, -0.2) is 4.98 Å². The summed E-state index contributed by atoms with van der Waals surface area (Å²) in [5.41, 5.74) is 8.67. The second-order valence-electron chi connectivity index (χ2n) is 4.86. The third-order valence-corrected chi connectivity index (χ3v) is 4.17. The van der Waals surface area contributed by atoms with Crippen molar-refractivity contribution in [3.05, 3.63) is 52.0 Å². The summed E-state index contributed by atoms with van der Waals surface area (Å²) in [5.74, 6) is 1.06. The first kappa shape index (κ1) is 14.3. The van der Waals surface area contributed by atoms with E-state index < -0.39 is 0 Å². The lowest BCUT2D eigenvalue weighted by atomic mass is 10.0. The van der Waals surface area contributed by atoms with Crippen LogP contribution in [0.5, 0.6) is 0 Å². The molecule has 0 bridgehead atoms. The molecule has 102 valence electrons. The van der Waals surface area contributed by atoms with Crippen LogP contribution in [0.1, 0.15) is 36.3 Å². The van der Waals surface area contributed by atoms with Crippen molar-refractivity contribution < 1.29 is 0 Å². The van der Waals surface area contributed by atoms with E-state index in [1.54, 1.807) is 0 Å². The molecule has 1 aromatic carbocycles. The zero-order valence-corrected chi connectivity index (χ0v) is 13.0. The van der Waals surface area contributed by atoms with Gasteiger partial charge in [0.1, 0.15) is 5.82 Å². The standard InChI is InChI=1S/C15H20BrN3/c1-3-7-19-8-6-18-15(19)10-14(17)12-4-5-13(16)11(2)9-12/h4-6,8-9,14H,3,7,10,17H2,1-2H3. The monoisotopic (exact) mass is 321 g/mol. The topological polar surface area (TPSA) is 43.8 Å². The molecule has 1 unspecified atom stereocenters. The molecular weight excluding hydrogens is 302 g/mol. The van der Waals surface area contributed by atoms with Crippen molar-refractivity contribution in [1.82, 2.24) is 9.55 Å². The Balaban J connectivity index is 2.13. The summed E-state index contributed by atoms with van der Waals surface area (Å²) >= 11 is 3.51. The van der Waals surface area contributed by atoms with Gasteiger partial charge in [0.05, 0.1) is 0 Å². The molecule has 0 aliphatic heterocycles. The maximum absolute atomic E-state index is 6.30. The molecule has 0 aliphatic carbocycles. The van der Waals surface area contributed by atoms with E-state index >= 15 is 0 Å². The van der Waals surface area contributed by atoms with Crippen LogP contribution < -0.4 is 5.73 Å². The molecule has 0 spiro atoms. The van der Waals surface area contributed by atoms with Crippen LogP contribution in [0, 0.1) is 6.92 Å². The Morgan fingerprint density at radius 2 is 2.21 bits per heavy atom. The van der Waals surface area contributed by atoms with Crippen LogP contribution in [-0.4, -0.2) is 9.55 Å². The fraction of sp³-hybridized carbons (Fsp3) is 0.400. The molecule has 0 aliphatic rings. The average molecular weight is 322 g/mol. The maximum Gasteiger partial charge on any atom is 0.110 e. The van der Waals surface area contributed by atoms with Gasteiger partial charge in [0.15, 0.2) is 0 Å². The van der Waals surface area contributed by atoms with Gasteiger partial charge in [0.2, 0.25) is 0 Å². The number of hydrogen-bond acceptors (Lipinski definition) is 2. The Bertz CT molecular complexity index is 548. The second kappa shape index (κ2) is 6.35. The minimum Gasteiger partial charge on any atom is -0.335 e. The predicted octanol–water partition coefficient (Wildman–Crippen LogP) is 3.61. The van der Waals surface area contributed by atoms with Crippen molar-refractivity contribution >= 4 is 15.9 Å². The van der Waals surface area contributed by atoms with Crippen molar-refractivity contribution in [3.8, 4) is 0 Å². The first-order valence-corrected chi connectivity index (χ1v) is 7.42. The Morgan fingerprint density at radius 3 is 2.89 bits per heavy atom. The molecule has 2 N–H and O–H groups in total. The van der Waals surface area contributed by atoms with Crippen LogP contribution in [0.15, 0.2) is 35.1 Å². The molecule has 0 saturated carbocycles. The van der Waals surface area contributed by atoms with Gasteiger partial charge in [-0.3, -0.25) is 0 Å². The van der Waals surface area contributed by atoms with Gasteiger partial charge in [-0.2, -0.15) is 0 Å². The summed E-state index contributed by atoms with van der Waals surface area (Å²) in [6.45, 7) is 5.25. The van der Waals surface area contributed by atoms with Gasteiger partial charge in [-0.15, -0.1) is 0 Å². The number of rotatable bonds is 5. The lowest BCUT2D eigenvalue weighted by Gasteiger charge is -2.14. The summed E-state index contributed by atoms with van der Waals surface area (Å²) in [4.78, 5) is 4.41. The van der Waals surface area contributed by atoms with Crippen LogP contribution in [-0.2, 0) is 13.0 Å². The molecule has 0 amide bonds. The largest absolute Gasteiger partial charge is 0.335 e. The second-order valence-corrected chi connectivity index (χ2v) is 5.71. The molecule has 0 radical (unpaired) electrons. The molecule has 4 heteroatoms. The van der Waals surface area contributed by atoms with E-state index in [1.807, 2.05) is 12.4 Å². The summed E-state index contributed by atoms with van der Waals surface area (Å²) < 4.78 is 3.31. The Hall–Kier alpha value is -1.13. The molecule has 2 rings (SSSR count). The van der Waals surface area contributed by atoms with Crippen LogP contribution in [0.3, 0.4) is 0 Å². The quantitative estimate of drug-likeness (QED) is 0.914. The van der Waals surface area contributed by atoms with Crippen LogP contribution in [0.4, 0.5) is 0 Å². The van der Waals surface area contributed by atoms with Gasteiger partial charge >= 0.3 is 0 Å². The number of nitrogens with two attached hydrogens (primary N) is 1. The van der Waals surface area contributed by atoms with E-state index in [1.165, 1.54) is 5.56 Å². The highest BCUT2D eigenvalue weighted by molar-refractivity contribution is 9.10. The summed E-state index contributed by atoms with van der Waals surface area (Å²) in [7, 11) is 0. The van der Waals surface area contributed by atoms with E-state index in [2.05, 4.69) is 57.5 Å². The highest BCUT2D eigenvalue weighted by atomic mass is 79.9. The van der Waals surface area contributed by atoms with Gasteiger partial charge < -0.3 is 10.3 Å². The van der Waals surface area contributed by atoms with E-state index in [0.717, 1.165) is 35.2 Å². The first-order valence-electron chi connectivity index (χ1n) is 6.63. The molecule has 0 fully saturated rings. The van der Waals surface area contributed by atoms with E-state index in [-0.39, 0.29) is 6.04 Å². The third kappa shape index (κ3) is 3.45. The Morgan fingerprint density at radius 1 is 1.42 bits per heavy atom. The highest BCUT2D eigenvalue weighted by Crippen LogP contribution is 2.22. The smallest absolute Gasteiger partial charge is 0.110 e. The molecule has 1 aromatic heterocycles. The average Bonchev–Trinajstić information content (AvgIpc) is 2.80. The van der Waals surface area contributed by atoms with Gasteiger partial charge in [-0.05, 0) is 30.5 Å². The minimum absolute atomic E-state index is 0.00944. The van der Waals surface area contributed by atoms with Crippen molar-refractivity contribution in [2.45, 2.75) is 39.3 Å². The van der Waals surface area contributed by atoms with E-state index in [0.29, 0.717) is 0 Å². The first-order chi connectivity index (χ1) is 9.11. The lowest BCUT2D eigenvalue weighted by Crippen LogP contribution is -2.16. The minimum atomic E-state index is -0.00944. The fourth-order valence-electron chi connectivity index (χ4n) is 2.19. The fourth-order valence-corrected chi connectivity index (χ4v) is 2.43. The molecule has 3 nitrogen and oxygen atoms in total. The summed E-state index contributed by atoms with van der Waals surface area (Å²) in [6.07, 6.45) is 5.76. The van der Waals surface area contributed by atoms with Gasteiger partial charge in [-0.1, -0.05) is 35.0 Å². The summed E-state index contributed by atoms with van der Waals surface area (Å²) in [5, 5.41) is 0. The summed E-state index contributed by atoms with van der Waals surface area (Å²) in [6, 6.07) is 6.27. The molecule has 0 saturated heterocycles. The van der Waals surface area contributed by atoms with Gasteiger partial charge in [0, 0.05) is 35.9 Å². The lowest BCUT2D eigenvalue weighted by molar-refractivity contribution is 0.598. The number of aromatic nitrogens is 2. The number of hydrogen-bond donors (Lipinski definition) is 1. The number of imidazole rings is 1. The zero-order valence-electron chi connectivity index (χ0n) is 11.4. The molecular formula is C15H20BrN3. The van der Waals surface area contributed by atoms with E-state index in [9.17, 15) is 0 Å². The normalized spacial score (nSPS) is 12.6. The van der Waals surface area contributed by atoms with Crippen LogP contribution in [0.25, 0.3) is 0 Å². The van der Waals surface area contributed by atoms with Crippen molar-refractivity contribution in [2.24, 2.45) is 5.73 Å². The zero-order chi connectivity index (χ0) is 13.8. The number of aryl methyl sites for hydroxylation is 2. The molecule has 19 heavy (non-hydrogen) atoms. The van der Waals surface area contributed by atoms with E-state index in [4.69, 9.17) is 5.73 Å². The van der Waals surface area contributed by atoms with Crippen molar-refractivity contribution in [1.29, 1.82) is 0 Å². The number of nitrogens with zero attached hydrogens (tertiary/aromatic N) is 2. The molecule has 1 heterocycles. The Labute approximate surface area is 123 Å². The third-order valence-electron chi connectivity index (χ3n) is 3.28. The van der Waals surface area contributed by atoms with Crippen LogP contribution in [0.2, 0.25) is 0 Å². The van der Waals surface area contributed by atoms with Gasteiger partial charge in [0.25, 0.3) is 0 Å². The van der Waals surface area contributed by atoms with Crippen LogP contribution >= 0.6 is 15.9 Å². The number of halogens is 1. The molecule has 1 atom stereocenters. The Kier molecular flexibility index (Phi) is 4.77. The van der Waals surface area contributed by atoms with Crippen molar-refractivity contribution in [3.63, 3.8) is 0 Å². The molecule has 2 aromatic rings. The number of benzene rings is 1. The maximum atomic E-state index is 6.30. The highest BCUT2D eigenvalue weighted by Gasteiger charge is 2.11.